The van der Waals surface area contributed by atoms with Crippen molar-refractivity contribution >= 4 is 23.6 Å². The third-order valence-corrected chi connectivity index (χ3v) is 6.88. The molecule has 2 saturated heterocycles. The summed E-state index contributed by atoms with van der Waals surface area (Å²) in [5.74, 6) is -3.94. The SMILES string of the molecule is CC(F)(F)C[C@H](N)C(=O)NC1(C#N)CC1.O=C(O)N1CCC2(CC1)CCN(c1ccc(F)cc1)C2=O. The molecule has 0 bridgehead atoms. The van der Waals surface area contributed by atoms with E-state index in [4.69, 9.17) is 16.1 Å². The van der Waals surface area contributed by atoms with E-state index >= 15 is 0 Å². The van der Waals surface area contributed by atoms with E-state index in [-0.39, 0.29) is 11.7 Å². The summed E-state index contributed by atoms with van der Waals surface area (Å²) in [4.78, 5) is 38.0. The van der Waals surface area contributed by atoms with Crippen LogP contribution in [0.1, 0.15) is 45.4 Å². The van der Waals surface area contributed by atoms with Crippen molar-refractivity contribution in [1.29, 1.82) is 5.26 Å². The van der Waals surface area contributed by atoms with Crippen LogP contribution in [0.25, 0.3) is 0 Å². The predicted molar refractivity (Wildman–Crippen MR) is 124 cm³/mol. The molecule has 1 aromatic rings. The average molecular weight is 510 g/mol. The second kappa shape index (κ2) is 10.3. The molecule has 3 fully saturated rings. The molecular formula is C24H30F3N5O4. The molecule has 4 rings (SSSR count). The largest absolute Gasteiger partial charge is 0.465 e. The molecule has 0 unspecified atom stereocenters. The van der Waals surface area contributed by atoms with Crippen LogP contribution in [-0.4, -0.2) is 65.1 Å². The summed E-state index contributed by atoms with van der Waals surface area (Å²) in [5, 5.41) is 20.0. The Balaban J connectivity index is 0.000000214. The van der Waals surface area contributed by atoms with Crippen molar-refractivity contribution in [2.45, 2.75) is 63.0 Å². The van der Waals surface area contributed by atoms with Crippen LogP contribution >= 0.6 is 0 Å². The fourth-order valence-corrected chi connectivity index (χ4v) is 4.48. The van der Waals surface area contributed by atoms with Crippen molar-refractivity contribution in [3.05, 3.63) is 30.1 Å². The highest BCUT2D eigenvalue weighted by atomic mass is 19.3. The molecule has 1 aromatic carbocycles. The van der Waals surface area contributed by atoms with Crippen LogP contribution in [0.5, 0.6) is 0 Å². The maximum Gasteiger partial charge on any atom is 0.407 e. The van der Waals surface area contributed by atoms with Crippen LogP contribution in [0.3, 0.4) is 0 Å². The number of carbonyl (C=O) groups is 3. The lowest BCUT2D eigenvalue weighted by atomic mass is 9.77. The molecule has 1 spiro atoms. The number of nitriles is 1. The van der Waals surface area contributed by atoms with E-state index < -0.39 is 41.3 Å². The number of piperidine rings is 1. The number of halogens is 3. The van der Waals surface area contributed by atoms with E-state index in [9.17, 15) is 27.6 Å². The number of alkyl halides is 2. The first-order chi connectivity index (χ1) is 16.8. The highest BCUT2D eigenvalue weighted by molar-refractivity contribution is 6.00. The van der Waals surface area contributed by atoms with Gasteiger partial charge >= 0.3 is 6.09 Å². The minimum absolute atomic E-state index is 0.0409. The molecular weight excluding hydrogens is 479 g/mol. The summed E-state index contributed by atoms with van der Waals surface area (Å²) >= 11 is 0. The Kier molecular flexibility index (Phi) is 7.83. The molecule has 9 nitrogen and oxygen atoms in total. The molecule has 4 N–H and O–H groups in total. The number of rotatable bonds is 5. The summed E-state index contributed by atoms with van der Waals surface area (Å²) in [7, 11) is 0. The number of anilines is 1. The predicted octanol–water partition coefficient (Wildman–Crippen LogP) is 2.85. The lowest BCUT2D eigenvalue weighted by molar-refractivity contribution is -0.127. The lowest BCUT2D eigenvalue weighted by Gasteiger charge is -2.36. The van der Waals surface area contributed by atoms with E-state index in [0.717, 1.165) is 6.42 Å². The molecule has 3 aliphatic rings. The van der Waals surface area contributed by atoms with E-state index in [2.05, 4.69) is 5.32 Å². The summed E-state index contributed by atoms with van der Waals surface area (Å²) < 4.78 is 38.0. The quantitative estimate of drug-likeness (QED) is 0.558. The first-order valence-corrected chi connectivity index (χ1v) is 11.7. The zero-order valence-corrected chi connectivity index (χ0v) is 20.0. The summed E-state index contributed by atoms with van der Waals surface area (Å²) in [6.07, 6.45) is 1.35. The normalized spacial score (nSPS) is 20.7. The van der Waals surface area contributed by atoms with Crippen molar-refractivity contribution in [1.82, 2.24) is 10.2 Å². The van der Waals surface area contributed by atoms with Gasteiger partial charge in [-0.25, -0.2) is 18.0 Å². The number of carbonyl (C=O) groups excluding carboxylic acids is 2. The maximum atomic E-state index is 13.0. The molecule has 12 heteroatoms. The lowest BCUT2D eigenvalue weighted by Crippen LogP contribution is -2.48. The number of amides is 3. The smallest absolute Gasteiger partial charge is 0.407 e. The molecule has 1 saturated carbocycles. The standard InChI is InChI=1S/C15H17FN2O3.C9H13F2N3O/c16-11-1-3-12(4-2-11)18-10-7-15(13(18)19)5-8-17(9-6-15)14(20)21;1-8(10,11)4-6(13)7(15)14-9(5-12)2-3-9/h1-4H,5-10H2,(H,20,21);6H,2-4,13H2,1H3,(H,14,15)/t;6-/m.0/s1. The number of hydrogen-bond donors (Lipinski definition) is 3. The Morgan fingerprint density at radius 3 is 2.19 bits per heavy atom. The van der Waals surface area contributed by atoms with E-state index in [0.29, 0.717) is 57.9 Å². The molecule has 196 valence electrons. The van der Waals surface area contributed by atoms with E-state index in [1.54, 1.807) is 17.0 Å². The van der Waals surface area contributed by atoms with Gasteiger partial charge in [0, 0.05) is 31.7 Å². The summed E-state index contributed by atoms with van der Waals surface area (Å²) in [6.45, 7) is 2.12. The first-order valence-electron chi connectivity index (χ1n) is 11.7. The average Bonchev–Trinajstić information content (AvgIpc) is 3.52. The molecule has 1 atom stereocenters. The van der Waals surface area contributed by atoms with Gasteiger partial charge in [-0.2, -0.15) is 5.26 Å². The van der Waals surface area contributed by atoms with Crippen LogP contribution in [0.15, 0.2) is 24.3 Å². The van der Waals surface area contributed by atoms with Crippen LogP contribution in [0.2, 0.25) is 0 Å². The zero-order valence-electron chi connectivity index (χ0n) is 20.0. The van der Waals surface area contributed by atoms with Crippen LogP contribution < -0.4 is 16.0 Å². The van der Waals surface area contributed by atoms with Gasteiger partial charge in [-0.05, 0) is 63.3 Å². The Morgan fingerprint density at radius 2 is 1.72 bits per heavy atom. The monoisotopic (exact) mass is 509 g/mol. The Morgan fingerprint density at radius 1 is 1.17 bits per heavy atom. The second-order valence-electron chi connectivity index (χ2n) is 9.80. The van der Waals surface area contributed by atoms with Gasteiger partial charge in [-0.1, -0.05) is 0 Å². The van der Waals surface area contributed by atoms with Gasteiger partial charge in [0.15, 0.2) is 0 Å². The molecule has 0 aromatic heterocycles. The van der Waals surface area contributed by atoms with Gasteiger partial charge in [0.25, 0.3) is 0 Å². The van der Waals surface area contributed by atoms with Gasteiger partial charge in [0.2, 0.25) is 17.7 Å². The van der Waals surface area contributed by atoms with Gasteiger partial charge in [0.05, 0.1) is 17.5 Å². The van der Waals surface area contributed by atoms with Crippen molar-refractivity contribution in [2.75, 3.05) is 24.5 Å². The molecule has 3 amide bonds. The van der Waals surface area contributed by atoms with Crippen molar-refractivity contribution in [3.63, 3.8) is 0 Å². The third-order valence-electron chi connectivity index (χ3n) is 6.88. The van der Waals surface area contributed by atoms with Crippen LogP contribution in [-0.2, 0) is 9.59 Å². The van der Waals surface area contributed by atoms with Gasteiger partial charge < -0.3 is 26.0 Å². The van der Waals surface area contributed by atoms with Crippen molar-refractivity contribution in [2.24, 2.45) is 11.1 Å². The van der Waals surface area contributed by atoms with Crippen molar-refractivity contribution in [3.8, 4) is 6.07 Å². The highest BCUT2D eigenvalue weighted by Gasteiger charge is 2.49. The number of carboxylic acid groups (broad SMARTS) is 1. The minimum Gasteiger partial charge on any atom is -0.465 e. The third kappa shape index (κ3) is 6.46. The number of benzene rings is 1. The Bertz CT molecular complexity index is 1030. The van der Waals surface area contributed by atoms with Gasteiger partial charge in [-0.15, -0.1) is 0 Å². The van der Waals surface area contributed by atoms with Crippen LogP contribution in [0.4, 0.5) is 23.7 Å². The van der Waals surface area contributed by atoms with Gasteiger partial charge in [-0.3, -0.25) is 9.59 Å². The molecule has 0 radical (unpaired) electrons. The van der Waals surface area contributed by atoms with E-state index in [1.165, 1.54) is 17.0 Å². The minimum atomic E-state index is -2.97. The maximum absolute atomic E-state index is 13.0. The first kappa shape index (κ1) is 27.3. The Hall–Kier alpha value is -3.33. The highest BCUT2D eigenvalue weighted by Crippen LogP contribution is 2.43. The molecule has 2 aliphatic heterocycles. The van der Waals surface area contributed by atoms with E-state index in [1.807, 2.05) is 6.07 Å². The summed E-state index contributed by atoms with van der Waals surface area (Å²) in [6, 6.07) is 6.57. The number of hydrogen-bond acceptors (Lipinski definition) is 5. The molecule has 2 heterocycles. The number of nitrogens with two attached hydrogens (primary N) is 1. The number of nitrogens with one attached hydrogen (secondary N) is 1. The summed E-state index contributed by atoms with van der Waals surface area (Å²) in [5.41, 5.74) is 4.71. The Labute approximate surface area is 207 Å². The molecule has 1 aliphatic carbocycles. The van der Waals surface area contributed by atoms with Crippen LogP contribution in [0, 0.1) is 22.6 Å². The van der Waals surface area contributed by atoms with Gasteiger partial charge in [0.1, 0.15) is 11.4 Å². The van der Waals surface area contributed by atoms with Crippen molar-refractivity contribution < 1.29 is 32.7 Å². The fraction of sp³-hybridized carbons (Fsp3) is 0.583. The number of nitrogens with zero attached hydrogens (tertiary/aromatic N) is 3. The second-order valence-corrected chi connectivity index (χ2v) is 9.80. The molecule has 36 heavy (non-hydrogen) atoms. The topological polar surface area (TPSA) is 140 Å². The number of likely N-dealkylation sites (tertiary alicyclic amines) is 1. The zero-order chi connectivity index (χ0) is 26.7. The fourth-order valence-electron chi connectivity index (χ4n) is 4.48.